The molecule has 1 unspecified atom stereocenters. The molecule has 0 aromatic heterocycles. The standard InChI is InChI=1S/C23H19F3O/c1-15-8-10-16(11-9-15)12-20-14-18-5-3-7-21(22(18)27-20)17-4-2-6-19(13-17)23(24,25)26/h2-11,13,20H,12,14H2,1H3. The van der Waals surface area contributed by atoms with Crippen LogP contribution in [0, 0.1) is 6.92 Å². The van der Waals surface area contributed by atoms with E-state index in [1.165, 1.54) is 23.3 Å². The van der Waals surface area contributed by atoms with Crippen LogP contribution < -0.4 is 4.74 Å². The number of ether oxygens (including phenoxy) is 1. The molecule has 0 N–H and O–H groups in total. The molecule has 0 fully saturated rings. The van der Waals surface area contributed by atoms with Crippen LogP contribution in [-0.2, 0) is 19.0 Å². The number of alkyl halides is 3. The maximum absolute atomic E-state index is 13.1. The Bertz CT molecular complexity index is 958. The van der Waals surface area contributed by atoms with Crippen molar-refractivity contribution in [3.05, 3.63) is 89.0 Å². The molecule has 1 aliphatic rings. The summed E-state index contributed by atoms with van der Waals surface area (Å²) in [6.45, 7) is 2.05. The fraction of sp³-hybridized carbons (Fsp3) is 0.217. The average molecular weight is 368 g/mol. The zero-order valence-corrected chi connectivity index (χ0v) is 14.9. The Balaban J connectivity index is 1.61. The lowest BCUT2D eigenvalue weighted by molar-refractivity contribution is -0.137. The molecule has 3 aromatic carbocycles. The first-order valence-corrected chi connectivity index (χ1v) is 8.92. The molecule has 0 saturated carbocycles. The van der Waals surface area contributed by atoms with Gasteiger partial charge in [-0.1, -0.05) is 60.2 Å². The average Bonchev–Trinajstić information content (AvgIpc) is 3.05. The molecule has 0 bridgehead atoms. The summed E-state index contributed by atoms with van der Waals surface area (Å²) in [6.07, 6.45) is -2.83. The molecular weight excluding hydrogens is 349 g/mol. The summed E-state index contributed by atoms with van der Waals surface area (Å²) in [5.74, 6) is 0.703. The van der Waals surface area contributed by atoms with Crippen LogP contribution in [0.4, 0.5) is 13.2 Å². The molecular formula is C23H19F3O. The van der Waals surface area contributed by atoms with Gasteiger partial charge in [-0.15, -0.1) is 0 Å². The van der Waals surface area contributed by atoms with Crippen LogP contribution in [0.2, 0.25) is 0 Å². The maximum Gasteiger partial charge on any atom is 0.416 e. The Hall–Kier alpha value is -2.75. The van der Waals surface area contributed by atoms with Gasteiger partial charge >= 0.3 is 6.18 Å². The van der Waals surface area contributed by atoms with Gasteiger partial charge in [-0.3, -0.25) is 0 Å². The lowest BCUT2D eigenvalue weighted by atomic mass is 9.98. The third-order valence-electron chi connectivity index (χ3n) is 4.91. The van der Waals surface area contributed by atoms with Gasteiger partial charge in [0.1, 0.15) is 11.9 Å². The predicted octanol–water partition coefficient (Wildman–Crippen LogP) is 6.23. The minimum atomic E-state index is -4.36. The number of aryl methyl sites for hydroxylation is 1. The molecule has 4 rings (SSSR count). The van der Waals surface area contributed by atoms with Gasteiger partial charge in [-0.05, 0) is 35.7 Å². The van der Waals surface area contributed by atoms with Crippen molar-refractivity contribution in [2.45, 2.75) is 32.0 Å². The second kappa shape index (κ2) is 6.76. The number of halogens is 3. The molecule has 1 aliphatic heterocycles. The molecule has 0 radical (unpaired) electrons. The largest absolute Gasteiger partial charge is 0.489 e. The normalized spacial score (nSPS) is 16.1. The van der Waals surface area contributed by atoms with Crippen LogP contribution >= 0.6 is 0 Å². The van der Waals surface area contributed by atoms with E-state index in [9.17, 15) is 13.2 Å². The van der Waals surface area contributed by atoms with Crippen molar-refractivity contribution in [1.29, 1.82) is 0 Å². The van der Waals surface area contributed by atoms with E-state index >= 15 is 0 Å². The van der Waals surface area contributed by atoms with Gasteiger partial charge in [0, 0.05) is 18.4 Å². The highest BCUT2D eigenvalue weighted by atomic mass is 19.4. The van der Waals surface area contributed by atoms with Crippen molar-refractivity contribution >= 4 is 0 Å². The first-order chi connectivity index (χ1) is 12.9. The topological polar surface area (TPSA) is 9.23 Å². The number of benzene rings is 3. The highest BCUT2D eigenvalue weighted by Crippen LogP contribution is 2.41. The lowest BCUT2D eigenvalue weighted by Gasteiger charge is -2.14. The van der Waals surface area contributed by atoms with Crippen molar-refractivity contribution in [2.75, 3.05) is 0 Å². The molecule has 1 atom stereocenters. The molecule has 0 amide bonds. The first-order valence-electron chi connectivity index (χ1n) is 8.92. The van der Waals surface area contributed by atoms with Crippen LogP contribution in [0.15, 0.2) is 66.7 Å². The molecule has 1 heterocycles. The van der Waals surface area contributed by atoms with E-state index < -0.39 is 11.7 Å². The Morgan fingerprint density at radius 2 is 1.70 bits per heavy atom. The van der Waals surface area contributed by atoms with Gasteiger partial charge in [0.25, 0.3) is 0 Å². The van der Waals surface area contributed by atoms with Crippen LogP contribution in [0.25, 0.3) is 11.1 Å². The first kappa shape index (κ1) is 17.7. The second-order valence-electron chi connectivity index (χ2n) is 7.01. The number of hydrogen-bond donors (Lipinski definition) is 0. The van der Waals surface area contributed by atoms with Gasteiger partial charge < -0.3 is 4.74 Å². The number of hydrogen-bond acceptors (Lipinski definition) is 1. The minimum absolute atomic E-state index is 0.00495. The third kappa shape index (κ3) is 3.70. The molecule has 3 aromatic rings. The van der Waals surface area contributed by atoms with Crippen molar-refractivity contribution in [3.8, 4) is 16.9 Å². The fourth-order valence-electron chi connectivity index (χ4n) is 3.53. The van der Waals surface area contributed by atoms with E-state index in [1.807, 2.05) is 25.1 Å². The summed E-state index contributed by atoms with van der Waals surface area (Å²) in [4.78, 5) is 0. The van der Waals surface area contributed by atoms with Gasteiger partial charge in [0.05, 0.1) is 5.56 Å². The van der Waals surface area contributed by atoms with Crippen LogP contribution in [0.1, 0.15) is 22.3 Å². The highest BCUT2D eigenvalue weighted by molar-refractivity contribution is 5.73. The number of fused-ring (bicyclic) bond motifs is 1. The van der Waals surface area contributed by atoms with E-state index in [-0.39, 0.29) is 6.10 Å². The Morgan fingerprint density at radius 3 is 2.44 bits per heavy atom. The maximum atomic E-state index is 13.1. The zero-order chi connectivity index (χ0) is 19.0. The smallest absolute Gasteiger partial charge is 0.416 e. The quantitative estimate of drug-likeness (QED) is 0.533. The fourth-order valence-corrected chi connectivity index (χ4v) is 3.53. The van der Waals surface area contributed by atoms with E-state index in [0.717, 1.165) is 24.5 Å². The lowest BCUT2D eigenvalue weighted by Crippen LogP contribution is -2.16. The molecule has 138 valence electrons. The van der Waals surface area contributed by atoms with Crippen LogP contribution in [-0.4, -0.2) is 6.10 Å². The SMILES string of the molecule is Cc1ccc(CC2Cc3cccc(-c4cccc(C(F)(F)F)c4)c3O2)cc1. The van der Waals surface area contributed by atoms with Crippen LogP contribution in [0.5, 0.6) is 5.75 Å². The van der Waals surface area contributed by atoms with Crippen molar-refractivity contribution in [2.24, 2.45) is 0 Å². The summed E-state index contributed by atoms with van der Waals surface area (Å²) in [5.41, 5.74) is 4.04. The van der Waals surface area contributed by atoms with Crippen molar-refractivity contribution in [3.63, 3.8) is 0 Å². The van der Waals surface area contributed by atoms with Crippen molar-refractivity contribution < 1.29 is 17.9 Å². The van der Waals surface area contributed by atoms with Crippen LogP contribution in [0.3, 0.4) is 0 Å². The molecule has 1 nitrogen and oxygen atoms in total. The summed E-state index contributed by atoms with van der Waals surface area (Å²) < 4.78 is 45.3. The second-order valence-corrected chi connectivity index (χ2v) is 7.01. The van der Waals surface area contributed by atoms with E-state index in [4.69, 9.17) is 4.74 Å². The monoisotopic (exact) mass is 368 g/mol. The molecule has 27 heavy (non-hydrogen) atoms. The number of rotatable bonds is 3. The van der Waals surface area contributed by atoms with Gasteiger partial charge in [-0.2, -0.15) is 13.2 Å². The van der Waals surface area contributed by atoms with Gasteiger partial charge in [-0.25, -0.2) is 0 Å². The predicted molar refractivity (Wildman–Crippen MR) is 99.9 cm³/mol. The van der Waals surface area contributed by atoms with E-state index in [1.54, 1.807) is 6.07 Å². The molecule has 0 spiro atoms. The zero-order valence-electron chi connectivity index (χ0n) is 14.9. The third-order valence-corrected chi connectivity index (χ3v) is 4.91. The number of para-hydroxylation sites is 1. The summed E-state index contributed by atoms with van der Waals surface area (Å²) in [7, 11) is 0. The molecule has 0 saturated heterocycles. The Kier molecular flexibility index (Phi) is 4.42. The summed E-state index contributed by atoms with van der Waals surface area (Å²) in [5, 5.41) is 0. The summed E-state index contributed by atoms with van der Waals surface area (Å²) >= 11 is 0. The highest BCUT2D eigenvalue weighted by Gasteiger charge is 2.31. The molecule has 4 heteroatoms. The van der Waals surface area contributed by atoms with E-state index in [2.05, 4.69) is 24.3 Å². The van der Waals surface area contributed by atoms with Gasteiger partial charge in [0.15, 0.2) is 0 Å². The van der Waals surface area contributed by atoms with E-state index in [0.29, 0.717) is 16.9 Å². The van der Waals surface area contributed by atoms with Gasteiger partial charge in [0.2, 0.25) is 0 Å². The molecule has 0 aliphatic carbocycles. The summed E-state index contributed by atoms with van der Waals surface area (Å²) in [6, 6.07) is 19.4. The minimum Gasteiger partial charge on any atom is -0.489 e. The Morgan fingerprint density at radius 1 is 0.963 bits per heavy atom. The van der Waals surface area contributed by atoms with Crippen molar-refractivity contribution in [1.82, 2.24) is 0 Å². The Labute approximate surface area is 156 Å².